The molecule has 1 heterocycles. The van der Waals surface area contributed by atoms with Crippen LogP contribution in [0.1, 0.15) is 42.5 Å². The van der Waals surface area contributed by atoms with Gasteiger partial charge >= 0.3 is 0 Å². The van der Waals surface area contributed by atoms with E-state index in [0.717, 1.165) is 5.56 Å². The normalized spacial score (nSPS) is 16.5. The van der Waals surface area contributed by atoms with Gasteiger partial charge in [0.15, 0.2) is 0 Å². The molecular formula is C14H20N2O5. The summed E-state index contributed by atoms with van der Waals surface area (Å²) in [6.07, 6.45) is 1.32. The number of fused-ring (bicyclic) bond motifs is 1. The maximum atomic E-state index is 11.4. The third-order valence-electron chi connectivity index (χ3n) is 4.02. The van der Waals surface area contributed by atoms with Gasteiger partial charge < -0.3 is 4.74 Å². The van der Waals surface area contributed by atoms with Gasteiger partial charge in [0.2, 0.25) is 0 Å². The summed E-state index contributed by atoms with van der Waals surface area (Å²) in [7, 11) is 0. The second-order valence-electron chi connectivity index (χ2n) is 6.03. The number of hydrogen-bond acceptors (Lipinski definition) is 6. The largest absolute Gasteiger partial charge is 0.487 e. The van der Waals surface area contributed by atoms with Gasteiger partial charge in [-0.3, -0.25) is 20.5 Å². The summed E-state index contributed by atoms with van der Waals surface area (Å²) in [5.41, 5.74) is 1.82. The van der Waals surface area contributed by atoms with Crippen molar-refractivity contribution in [3.05, 3.63) is 32.4 Å². The fourth-order valence-electron chi connectivity index (χ4n) is 2.80. The summed E-state index contributed by atoms with van der Waals surface area (Å²) in [5, 5.41) is 29.5. The monoisotopic (exact) mass is 296 g/mol. The number of hydroxylamine groups is 2. The molecule has 2 rings (SSSR count). The number of rotatable bonds is 3. The quantitative estimate of drug-likeness (QED) is 0.657. The first-order chi connectivity index (χ1) is 9.64. The van der Waals surface area contributed by atoms with Gasteiger partial charge in [-0.15, -0.1) is 0 Å². The van der Waals surface area contributed by atoms with Crippen molar-refractivity contribution in [3.8, 4) is 5.75 Å². The van der Waals surface area contributed by atoms with Crippen LogP contribution in [0.4, 0.5) is 5.69 Å². The van der Waals surface area contributed by atoms with Crippen molar-refractivity contribution in [1.29, 1.82) is 0 Å². The van der Waals surface area contributed by atoms with E-state index < -0.39 is 4.92 Å². The van der Waals surface area contributed by atoms with Crippen molar-refractivity contribution in [3.63, 3.8) is 0 Å². The van der Waals surface area contributed by atoms with Crippen molar-refractivity contribution >= 4 is 5.69 Å². The van der Waals surface area contributed by atoms with E-state index >= 15 is 0 Å². The average Bonchev–Trinajstić information content (AvgIpc) is 2.33. The van der Waals surface area contributed by atoms with Gasteiger partial charge in [-0.2, -0.15) is 0 Å². The zero-order chi connectivity index (χ0) is 15.9. The Kier molecular flexibility index (Phi) is 3.92. The van der Waals surface area contributed by atoms with Gasteiger partial charge in [-0.1, -0.05) is 5.23 Å². The SMILES string of the molecule is Cc1c(C)c([N+](=O)[O-])c(CN(O)O)c2c1OC(C)(C)CC2. The number of nitro benzene ring substituents is 1. The molecule has 0 amide bonds. The Balaban J connectivity index is 2.72. The fraction of sp³-hybridized carbons (Fsp3) is 0.571. The molecule has 0 spiro atoms. The summed E-state index contributed by atoms with van der Waals surface area (Å²) in [6, 6.07) is 0. The number of nitro groups is 1. The highest BCUT2D eigenvalue weighted by molar-refractivity contribution is 5.62. The van der Waals surface area contributed by atoms with E-state index in [4.69, 9.17) is 15.2 Å². The maximum Gasteiger partial charge on any atom is 0.277 e. The highest BCUT2D eigenvalue weighted by atomic mass is 16.8. The Hall–Kier alpha value is -1.70. The van der Waals surface area contributed by atoms with Crippen LogP contribution in [0.2, 0.25) is 0 Å². The van der Waals surface area contributed by atoms with E-state index in [1.807, 2.05) is 13.8 Å². The van der Waals surface area contributed by atoms with E-state index in [1.54, 1.807) is 13.8 Å². The fourth-order valence-corrected chi connectivity index (χ4v) is 2.80. The van der Waals surface area contributed by atoms with E-state index in [2.05, 4.69) is 0 Å². The molecule has 0 unspecified atom stereocenters. The molecule has 21 heavy (non-hydrogen) atoms. The second kappa shape index (κ2) is 5.25. The summed E-state index contributed by atoms with van der Waals surface area (Å²) < 4.78 is 5.98. The lowest BCUT2D eigenvalue weighted by molar-refractivity contribution is -0.388. The Labute approximate surface area is 122 Å². The molecule has 0 aliphatic carbocycles. The Bertz CT molecular complexity index is 596. The Morgan fingerprint density at radius 2 is 1.95 bits per heavy atom. The molecule has 116 valence electrons. The van der Waals surface area contributed by atoms with Crippen LogP contribution in [0.3, 0.4) is 0 Å². The molecule has 0 radical (unpaired) electrons. The molecule has 2 N–H and O–H groups in total. The first kappa shape index (κ1) is 15.7. The van der Waals surface area contributed by atoms with Crippen LogP contribution in [0.25, 0.3) is 0 Å². The first-order valence-electron chi connectivity index (χ1n) is 6.77. The predicted molar refractivity (Wildman–Crippen MR) is 74.7 cm³/mol. The van der Waals surface area contributed by atoms with E-state index in [0.29, 0.717) is 35.3 Å². The molecule has 0 bridgehead atoms. The number of benzene rings is 1. The van der Waals surface area contributed by atoms with E-state index in [9.17, 15) is 10.1 Å². The van der Waals surface area contributed by atoms with Crippen LogP contribution >= 0.6 is 0 Å². The van der Waals surface area contributed by atoms with Crippen LogP contribution < -0.4 is 4.74 Å². The van der Waals surface area contributed by atoms with Gasteiger partial charge in [-0.25, -0.2) is 0 Å². The lowest BCUT2D eigenvalue weighted by Gasteiger charge is -2.35. The molecule has 1 aliphatic rings. The van der Waals surface area contributed by atoms with Gasteiger partial charge in [-0.05, 0) is 40.5 Å². The maximum absolute atomic E-state index is 11.4. The van der Waals surface area contributed by atoms with Crippen LogP contribution in [0.5, 0.6) is 5.75 Å². The van der Waals surface area contributed by atoms with Gasteiger partial charge in [0, 0.05) is 16.7 Å². The topological polar surface area (TPSA) is 96.1 Å². The standard InChI is InChI=1S/C14H20N2O5/c1-8-9(2)13-10(5-6-14(3,4)21-13)11(7-15(17)18)12(8)16(19)20/h17-18H,5-7H2,1-4H3. The third-order valence-corrected chi connectivity index (χ3v) is 4.02. The number of nitrogens with zero attached hydrogens (tertiary/aromatic N) is 2. The highest BCUT2D eigenvalue weighted by Gasteiger charge is 2.35. The smallest absolute Gasteiger partial charge is 0.277 e. The van der Waals surface area contributed by atoms with Crippen molar-refractivity contribution in [2.75, 3.05) is 0 Å². The zero-order valence-electron chi connectivity index (χ0n) is 12.6. The molecule has 7 heteroatoms. The summed E-state index contributed by atoms with van der Waals surface area (Å²) >= 11 is 0. The molecule has 1 aromatic carbocycles. The summed E-state index contributed by atoms with van der Waals surface area (Å²) in [4.78, 5) is 10.9. The first-order valence-corrected chi connectivity index (χ1v) is 6.77. The molecule has 1 aliphatic heterocycles. The number of ether oxygens (including phenoxy) is 1. The van der Waals surface area contributed by atoms with Crippen LogP contribution in [-0.2, 0) is 13.0 Å². The summed E-state index contributed by atoms with van der Waals surface area (Å²) in [6.45, 7) is 7.05. The zero-order valence-corrected chi connectivity index (χ0v) is 12.6. The lowest BCUT2D eigenvalue weighted by Crippen LogP contribution is -2.34. The highest BCUT2D eigenvalue weighted by Crippen LogP contribution is 2.44. The molecule has 0 saturated carbocycles. The van der Waals surface area contributed by atoms with Crippen LogP contribution in [-0.4, -0.2) is 26.2 Å². The van der Waals surface area contributed by atoms with Gasteiger partial charge in [0.05, 0.1) is 17.0 Å². The molecular weight excluding hydrogens is 276 g/mol. The average molecular weight is 296 g/mol. The number of hydrogen-bond donors (Lipinski definition) is 2. The van der Waals surface area contributed by atoms with Gasteiger partial charge in [0.1, 0.15) is 11.4 Å². The van der Waals surface area contributed by atoms with Crippen molar-refractivity contribution in [2.24, 2.45) is 0 Å². The van der Waals surface area contributed by atoms with E-state index in [-0.39, 0.29) is 23.1 Å². The molecule has 7 nitrogen and oxygen atoms in total. The van der Waals surface area contributed by atoms with Crippen LogP contribution in [0, 0.1) is 24.0 Å². The molecule has 0 atom stereocenters. The minimum atomic E-state index is -0.471. The Morgan fingerprint density at radius 1 is 1.33 bits per heavy atom. The lowest BCUT2D eigenvalue weighted by atomic mass is 9.87. The van der Waals surface area contributed by atoms with Crippen molar-refractivity contribution < 1.29 is 20.1 Å². The van der Waals surface area contributed by atoms with Crippen LogP contribution in [0.15, 0.2) is 0 Å². The molecule has 1 aromatic rings. The second-order valence-corrected chi connectivity index (χ2v) is 6.03. The van der Waals surface area contributed by atoms with Crippen molar-refractivity contribution in [2.45, 2.75) is 52.7 Å². The Morgan fingerprint density at radius 3 is 2.48 bits per heavy atom. The van der Waals surface area contributed by atoms with Crippen molar-refractivity contribution in [1.82, 2.24) is 5.23 Å². The van der Waals surface area contributed by atoms with Gasteiger partial charge in [0.25, 0.3) is 5.69 Å². The minimum absolute atomic E-state index is 0.0306. The molecule has 0 saturated heterocycles. The summed E-state index contributed by atoms with van der Waals surface area (Å²) in [5.74, 6) is 0.631. The minimum Gasteiger partial charge on any atom is -0.487 e. The predicted octanol–water partition coefficient (Wildman–Crippen LogP) is 2.90. The molecule has 0 aromatic heterocycles. The molecule has 0 fully saturated rings. The van der Waals surface area contributed by atoms with E-state index in [1.165, 1.54) is 0 Å². The third kappa shape index (κ3) is 2.85.